The summed E-state index contributed by atoms with van der Waals surface area (Å²) >= 11 is 12.1. The zero-order chi connectivity index (χ0) is 21.3. The Morgan fingerprint density at radius 3 is 2.77 bits per heavy atom. The monoisotopic (exact) mass is 452 g/mol. The number of nitrogens with one attached hydrogen (secondary N) is 2. The van der Waals surface area contributed by atoms with Crippen LogP contribution in [0.3, 0.4) is 0 Å². The smallest absolute Gasteiger partial charge is 0.251 e. The molecule has 4 N–H and O–H groups in total. The molecule has 2 saturated heterocycles. The number of hydrogen-bond acceptors (Lipinski definition) is 6. The molecule has 5 atom stereocenters. The number of amides is 1. The van der Waals surface area contributed by atoms with Gasteiger partial charge in [-0.15, -0.1) is 0 Å². The van der Waals surface area contributed by atoms with E-state index in [1.807, 2.05) is 18.2 Å². The minimum Gasteiger partial charge on any atom is -0.387 e. The van der Waals surface area contributed by atoms with Crippen LogP contribution in [0.15, 0.2) is 48.5 Å². The Morgan fingerprint density at radius 1 is 1.20 bits per heavy atom. The Morgan fingerprint density at radius 2 is 2.00 bits per heavy atom. The normalized spacial score (nSPS) is 30.3. The number of ether oxygens (including phenoxy) is 2. The molecule has 9 heteroatoms. The minimum atomic E-state index is -1.59. The van der Waals surface area contributed by atoms with Crippen LogP contribution >= 0.6 is 23.2 Å². The molecule has 0 bridgehead atoms. The summed E-state index contributed by atoms with van der Waals surface area (Å²) in [5, 5.41) is 28.1. The maximum absolute atomic E-state index is 12.3. The molecule has 30 heavy (non-hydrogen) atoms. The van der Waals surface area contributed by atoms with Gasteiger partial charge in [-0.25, -0.2) is 0 Å². The number of rotatable bonds is 7. The molecule has 0 aliphatic carbocycles. The van der Waals surface area contributed by atoms with Crippen LogP contribution in [-0.2, 0) is 9.47 Å². The highest BCUT2D eigenvalue weighted by Crippen LogP contribution is 2.40. The highest BCUT2D eigenvalue weighted by molar-refractivity contribution is 6.31. The predicted octanol–water partition coefficient (Wildman–Crippen LogP) is 1.90. The Labute approximate surface area is 183 Å². The van der Waals surface area contributed by atoms with Crippen molar-refractivity contribution in [2.45, 2.75) is 30.1 Å². The number of aliphatic hydroxyl groups is 2. The fourth-order valence-electron chi connectivity index (χ4n) is 3.51. The first-order valence-corrected chi connectivity index (χ1v) is 10.3. The molecular weight excluding hydrogens is 431 g/mol. The number of epoxide rings is 1. The van der Waals surface area contributed by atoms with Crippen LogP contribution in [0.5, 0.6) is 0 Å². The second kappa shape index (κ2) is 8.80. The summed E-state index contributed by atoms with van der Waals surface area (Å²) in [6.45, 7) is 0.0192. The van der Waals surface area contributed by atoms with Crippen LogP contribution < -0.4 is 10.6 Å². The first-order valence-electron chi connectivity index (χ1n) is 9.56. The van der Waals surface area contributed by atoms with E-state index in [0.29, 0.717) is 15.6 Å². The van der Waals surface area contributed by atoms with Gasteiger partial charge in [-0.3, -0.25) is 10.1 Å². The minimum absolute atomic E-state index is 0.101. The second-order valence-electron chi connectivity index (χ2n) is 7.50. The van der Waals surface area contributed by atoms with Crippen LogP contribution in [0, 0.1) is 0 Å². The molecule has 0 aromatic heterocycles. The molecule has 2 aromatic rings. The van der Waals surface area contributed by atoms with E-state index in [2.05, 4.69) is 10.6 Å². The van der Waals surface area contributed by atoms with Gasteiger partial charge in [0, 0.05) is 27.7 Å². The lowest BCUT2D eigenvalue weighted by atomic mass is 9.96. The van der Waals surface area contributed by atoms with Crippen molar-refractivity contribution in [3.63, 3.8) is 0 Å². The largest absolute Gasteiger partial charge is 0.387 e. The molecule has 0 radical (unpaired) electrons. The summed E-state index contributed by atoms with van der Waals surface area (Å²) in [7, 11) is 0. The van der Waals surface area contributed by atoms with E-state index in [0.717, 1.165) is 5.56 Å². The van der Waals surface area contributed by atoms with Gasteiger partial charge in [-0.2, -0.15) is 0 Å². The topological polar surface area (TPSA) is 103 Å². The van der Waals surface area contributed by atoms with Crippen molar-refractivity contribution in [2.24, 2.45) is 0 Å². The van der Waals surface area contributed by atoms with Crippen molar-refractivity contribution < 1.29 is 24.5 Å². The van der Waals surface area contributed by atoms with Gasteiger partial charge in [0.25, 0.3) is 5.91 Å². The van der Waals surface area contributed by atoms with Gasteiger partial charge in [0.15, 0.2) is 0 Å². The van der Waals surface area contributed by atoms with E-state index in [1.165, 1.54) is 6.07 Å². The summed E-state index contributed by atoms with van der Waals surface area (Å²) in [4.78, 5) is 12.3. The molecule has 2 aromatic carbocycles. The van der Waals surface area contributed by atoms with Crippen LogP contribution in [0.4, 0.5) is 0 Å². The lowest BCUT2D eigenvalue weighted by molar-refractivity contribution is -0.0467. The molecule has 2 unspecified atom stereocenters. The van der Waals surface area contributed by atoms with Gasteiger partial charge in [0.2, 0.25) is 0 Å². The predicted molar refractivity (Wildman–Crippen MR) is 112 cm³/mol. The molecule has 2 aliphatic rings. The maximum Gasteiger partial charge on any atom is 0.251 e. The van der Waals surface area contributed by atoms with E-state index >= 15 is 0 Å². The molecular formula is C21H22Cl2N2O5. The summed E-state index contributed by atoms with van der Waals surface area (Å²) in [6.07, 6.45) is -2.22. The Kier molecular flexibility index (Phi) is 6.31. The first-order chi connectivity index (χ1) is 14.4. The third-order valence-electron chi connectivity index (χ3n) is 5.32. The van der Waals surface area contributed by atoms with Crippen LogP contribution in [-0.4, -0.2) is 59.9 Å². The number of hydrogen-bond donors (Lipinski definition) is 4. The maximum atomic E-state index is 12.3. The zero-order valence-corrected chi connectivity index (χ0v) is 17.4. The number of aliphatic hydroxyl groups excluding tert-OH is 1. The molecule has 160 valence electrons. The molecule has 1 amide bonds. The molecule has 0 saturated carbocycles. The molecule has 2 fully saturated rings. The Balaban J connectivity index is 1.26. The third kappa shape index (κ3) is 4.63. The van der Waals surface area contributed by atoms with E-state index in [-0.39, 0.29) is 32.0 Å². The summed E-state index contributed by atoms with van der Waals surface area (Å²) in [6, 6.07) is 13.9. The van der Waals surface area contributed by atoms with Crippen molar-refractivity contribution in [2.75, 3.05) is 19.7 Å². The van der Waals surface area contributed by atoms with Crippen LogP contribution in [0.25, 0.3) is 0 Å². The summed E-state index contributed by atoms with van der Waals surface area (Å²) < 4.78 is 11.2. The standard InChI is InChI=1S/C21H22Cl2N2O5/c22-13-5-3-4-12(8-13)19(27)25-10-21(28)11-29-16(18(21)26)9-24-20-17(30-20)14-6-1-2-7-15(14)23/h1-8,16-18,20,24,26,28H,9-11H2,(H,25,27)/t16-,17?,18-,20?,21+/m1/s1. The van der Waals surface area contributed by atoms with E-state index < -0.39 is 23.7 Å². The second-order valence-corrected chi connectivity index (χ2v) is 8.34. The lowest BCUT2D eigenvalue weighted by Gasteiger charge is -2.26. The molecule has 2 heterocycles. The zero-order valence-electron chi connectivity index (χ0n) is 15.9. The number of halogens is 2. The fraction of sp³-hybridized carbons (Fsp3) is 0.381. The van der Waals surface area contributed by atoms with Gasteiger partial charge in [-0.1, -0.05) is 47.5 Å². The van der Waals surface area contributed by atoms with Crippen molar-refractivity contribution >= 4 is 29.1 Å². The highest BCUT2D eigenvalue weighted by Gasteiger charge is 2.49. The van der Waals surface area contributed by atoms with Crippen molar-refractivity contribution in [1.82, 2.24) is 10.6 Å². The molecule has 0 spiro atoms. The molecule has 7 nitrogen and oxygen atoms in total. The summed E-state index contributed by atoms with van der Waals surface area (Å²) in [5.41, 5.74) is -0.327. The number of carbonyl (C=O) groups excluding carboxylic acids is 1. The van der Waals surface area contributed by atoms with Gasteiger partial charge in [0.05, 0.1) is 19.3 Å². The van der Waals surface area contributed by atoms with Gasteiger partial charge >= 0.3 is 0 Å². The van der Waals surface area contributed by atoms with Crippen molar-refractivity contribution in [3.05, 3.63) is 69.7 Å². The quantitative estimate of drug-likeness (QED) is 0.478. The molecule has 4 rings (SSSR count). The number of benzene rings is 2. The van der Waals surface area contributed by atoms with Gasteiger partial charge < -0.3 is 25.0 Å². The molecule has 2 aliphatic heterocycles. The van der Waals surface area contributed by atoms with Crippen molar-refractivity contribution in [1.29, 1.82) is 0 Å². The van der Waals surface area contributed by atoms with E-state index in [4.69, 9.17) is 32.7 Å². The van der Waals surface area contributed by atoms with Gasteiger partial charge in [0.1, 0.15) is 24.0 Å². The number of carbonyl (C=O) groups is 1. The van der Waals surface area contributed by atoms with Gasteiger partial charge in [-0.05, 0) is 24.3 Å². The van der Waals surface area contributed by atoms with E-state index in [1.54, 1.807) is 24.3 Å². The summed E-state index contributed by atoms with van der Waals surface area (Å²) in [5.74, 6) is -0.395. The Bertz CT molecular complexity index is 930. The average molecular weight is 453 g/mol. The fourth-order valence-corrected chi connectivity index (χ4v) is 3.94. The van der Waals surface area contributed by atoms with E-state index in [9.17, 15) is 15.0 Å². The first kappa shape index (κ1) is 21.5. The highest BCUT2D eigenvalue weighted by atomic mass is 35.5. The third-order valence-corrected chi connectivity index (χ3v) is 5.89. The van der Waals surface area contributed by atoms with Crippen LogP contribution in [0.1, 0.15) is 22.0 Å². The lowest BCUT2D eigenvalue weighted by Crippen LogP contribution is -2.53. The SMILES string of the molecule is O=C(NC[C@]1(O)CO[C@H](CNC2OC2c2ccccc2Cl)[C@H]1O)c1cccc(Cl)c1. The Hall–Kier alpha value is -1.71. The average Bonchev–Trinajstić information content (AvgIpc) is 3.45. The van der Waals surface area contributed by atoms with Crippen LogP contribution in [0.2, 0.25) is 10.0 Å². The van der Waals surface area contributed by atoms with Crippen molar-refractivity contribution in [3.8, 4) is 0 Å².